The second kappa shape index (κ2) is 5.97. The van der Waals surface area contributed by atoms with Gasteiger partial charge in [0, 0.05) is 31.7 Å². The fourth-order valence-corrected chi connectivity index (χ4v) is 1.58. The Kier molecular flexibility index (Phi) is 4.09. The van der Waals surface area contributed by atoms with Crippen molar-refractivity contribution < 1.29 is 9.53 Å². The molecule has 0 saturated carbocycles. The largest absolute Gasteiger partial charge is 0.375 e. The lowest BCUT2D eigenvalue weighted by atomic mass is 10.2. The highest BCUT2D eigenvalue weighted by Crippen LogP contribution is 2.08. The molecule has 0 aliphatic heterocycles. The van der Waals surface area contributed by atoms with Crippen molar-refractivity contribution in [1.82, 2.24) is 14.9 Å². The molecule has 0 unspecified atom stereocenters. The quantitative estimate of drug-likeness (QED) is 0.859. The lowest BCUT2D eigenvalue weighted by molar-refractivity contribution is -0.124. The van der Waals surface area contributed by atoms with E-state index in [-0.39, 0.29) is 12.5 Å². The lowest BCUT2D eigenvalue weighted by Gasteiger charge is -2.06. The number of nitrogens with zero attached hydrogens (tertiary/aromatic N) is 2. The van der Waals surface area contributed by atoms with Gasteiger partial charge in [-0.15, -0.1) is 0 Å². The van der Waals surface area contributed by atoms with Crippen molar-refractivity contribution in [3.8, 4) is 5.69 Å². The minimum atomic E-state index is -0.115. The van der Waals surface area contributed by atoms with Crippen LogP contribution in [0.15, 0.2) is 43.0 Å². The number of hydrogen-bond acceptors (Lipinski definition) is 3. The van der Waals surface area contributed by atoms with E-state index in [0.717, 1.165) is 11.3 Å². The maximum atomic E-state index is 11.2. The van der Waals surface area contributed by atoms with Crippen molar-refractivity contribution in [2.45, 2.75) is 6.54 Å². The van der Waals surface area contributed by atoms with Crippen LogP contribution >= 0.6 is 0 Å². The molecule has 0 bridgehead atoms. The fourth-order valence-electron chi connectivity index (χ4n) is 1.58. The van der Waals surface area contributed by atoms with Gasteiger partial charge in [-0.25, -0.2) is 4.98 Å². The van der Waals surface area contributed by atoms with Crippen LogP contribution in [0.2, 0.25) is 0 Å². The first-order chi connectivity index (χ1) is 8.79. The maximum absolute atomic E-state index is 11.2. The summed E-state index contributed by atoms with van der Waals surface area (Å²) in [4.78, 5) is 15.2. The first-order valence-corrected chi connectivity index (χ1v) is 5.62. The minimum absolute atomic E-state index is 0.0904. The smallest absolute Gasteiger partial charge is 0.246 e. The zero-order valence-electron chi connectivity index (χ0n) is 10.2. The fraction of sp³-hybridized carbons (Fsp3) is 0.231. The van der Waals surface area contributed by atoms with Crippen LogP contribution in [0, 0.1) is 0 Å². The number of ether oxygens (including phenoxy) is 1. The van der Waals surface area contributed by atoms with Gasteiger partial charge in [0.05, 0.1) is 6.33 Å². The van der Waals surface area contributed by atoms with Crippen LogP contribution in [-0.4, -0.2) is 29.2 Å². The second-order valence-electron chi connectivity index (χ2n) is 3.85. The molecular formula is C13H15N3O2. The Morgan fingerprint density at radius 3 is 2.78 bits per heavy atom. The monoisotopic (exact) mass is 245 g/mol. The molecule has 2 aromatic rings. The molecule has 1 amide bonds. The highest BCUT2D eigenvalue weighted by molar-refractivity contribution is 5.77. The van der Waals surface area contributed by atoms with E-state index in [4.69, 9.17) is 4.74 Å². The molecule has 0 aliphatic rings. The van der Waals surface area contributed by atoms with Gasteiger partial charge < -0.3 is 14.6 Å². The predicted molar refractivity (Wildman–Crippen MR) is 67.3 cm³/mol. The molecule has 0 atom stereocenters. The molecule has 0 spiro atoms. The van der Waals surface area contributed by atoms with E-state index in [1.54, 1.807) is 12.5 Å². The summed E-state index contributed by atoms with van der Waals surface area (Å²) in [5, 5.41) is 2.77. The number of hydrogen-bond donors (Lipinski definition) is 1. The summed E-state index contributed by atoms with van der Waals surface area (Å²) in [7, 11) is 1.50. The van der Waals surface area contributed by atoms with Gasteiger partial charge in [-0.2, -0.15) is 0 Å². The Morgan fingerprint density at radius 2 is 2.17 bits per heavy atom. The molecule has 5 heteroatoms. The number of amides is 1. The predicted octanol–water partition coefficient (Wildman–Crippen LogP) is 1.13. The number of carbonyl (C=O) groups is 1. The third-order valence-electron chi connectivity index (χ3n) is 2.50. The van der Waals surface area contributed by atoms with Crippen molar-refractivity contribution in [3.05, 3.63) is 48.5 Å². The van der Waals surface area contributed by atoms with E-state index >= 15 is 0 Å². The average molecular weight is 245 g/mol. The first-order valence-electron chi connectivity index (χ1n) is 5.62. The SMILES string of the molecule is COCC(=O)NCc1ccc(-n2ccnc2)cc1. The number of methoxy groups -OCH3 is 1. The molecule has 1 aromatic heterocycles. The number of rotatable bonds is 5. The third-order valence-corrected chi connectivity index (χ3v) is 2.50. The van der Waals surface area contributed by atoms with Gasteiger partial charge in [0.1, 0.15) is 6.61 Å². The summed E-state index contributed by atoms with van der Waals surface area (Å²) >= 11 is 0. The highest BCUT2D eigenvalue weighted by Gasteiger charge is 2.00. The summed E-state index contributed by atoms with van der Waals surface area (Å²) in [5.74, 6) is -0.115. The van der Waals surface area contributed by atoms with E-state index in [0.29, 0.717) is 6.54 Å². The van der Waals surface area contributed by atoms with Crippen LogP contribution in [-0.2, 0) is 16.1 Å². The molecule has 0 fully saturated rings. The van der Waals surface area contributed by atoms with Gasteiger partial charge in [-0.3, -0.25) is 4.79 Å². The van der Waals surface area contributed by atoms with Crippen molar-refractivity contribution in [1.29, 1.82) is 0 Å². The van der Waals surface area contributed by atoms with Crippen LogP contribution in [0.25, 0.3) is 5.69 Å². The summed E-state index contributed by atoms with van der Waals surface area (Å²) in [6.45, 7) is 0.597. The third kappa shape index (κ3) is 3.18. The summed E-state index contributed by atoms with van der Waals surface area (Å²) in [6.07, 6.45) is 5.36. The van der Waals surface area contributed by atoms with Gasteiger partial charge in [0.2, 0.25) is 5.91 Å². The van der Waals surface area contributed by atoms with E-state index < -0.39 is 0 Å². The Labute approximate surface area is 105 Å². The number of nitrogens with one attached hydrogen (secondary N) is 1. The van der Waals surface area contributed by atoms with Crippen LogP contribution < -0.4 is 5.32 Å². The number of aromatic nitrogens is 2. The normalized spacial score (nSPS) is 10.3. The van der Waals surface area contributed by atoms with Crippen LogP contribution in [0.1, 0.15) is 5.56 Å². The number of imidazole rings is 1. The molecule has 1 N–H and O–H groups in total. The summed E-state index contributed by atoms with van der Waals surface area (Å²) in [5.41, 5.74) is 2.09. The molecule has 0 radical (unpaired) electrons. The van der Waals surface area contributed by atoms with Gasteiger partial charge in [0.15, 0.2) is 0 Å². The van der Waals surface area contributed by atoms with Crippen LogP contribution in [0.5, 0.6) is 0 Å². The highest BCUT2D eigenvalue weighted by atomic mass is 16.5. The van der Waals surface area contributed by atoms with Gasteiger partial charge in [-0.1, -0.05) is 12.1 Å². The van der Waals surface area contributed by atoms with E-state index in [1.807, 2.05) is 35.0 Å². The van der Waals surface area contributed by atoms with Crippen LogP contribution in [0.3, 0.4) is 0 Å². The molecule has 5 nitrogen and oxygen atoms in total. The van der Waals surface area contributed by atoms with Crippen molar-refractivity contribution in [2.75, 3.05) is 13.7 Å². The molecular weight excluding hydrogens is 230 g/mol. The van der Waals surface area contributed by atoms with Crippen molar-refractivity contribution in [2.24, 2.45) is 0 Å². The number of carbonyl (C=O) groups excluding carboxylic acids is 1. The van der Waals surface area contributed by atoms with Crippen molar-refractivity contribution >= 4 is 5.91 Å². The Balaban J connectivity index is 1.94. The molecule has 1 aromatic carbocycles. The van der Waals surface area contributed by atoms with E-state index in [2.05, 4.69) is 10.3 Å². The van der Waals surface area contributed by atoms with Gasteiger partial charge in [0.25, 0.3) is 0 Å². The van der Waals surface area contributed by atoms with Crippen molar-refractivity contribution in [3.63, 3.8) is 0 Å². The first kappa shape index (κ1) is 12.3. The zero-order valence-corrected chi connectivity index (χ0v) is 10.2. The second-order valence-corrected chi connectivity index (χ2v) is 3.85. The summed E-state index contributed by atoms with van der Waals surface area (Å²) in [6, 6.07) is 7.92. The zero-order chi connectivity index (χ0) is 12.8. The Morgan fingerprint density at radius 1 is 1.39 bits per heavy atom. The minimum Gasteiger partial charge on any atom is -0.375 e. The molecule has 94 valence electrons. The molecule has 0 saturated heterocycles. The van der Waals surface area contributed by atoms with Crippen LogP contribution in [0.4, 0.5) is 0 Å². The molecule has 18 heavy (non-hydrogen) atoms. The molecule has 2 rings (SSSR count). The maximum Gasteiger partial charge on any atom is 0.246 e. The van der Waals surface area contributed by atoms with Gasteiger partial charge in [-0.05, 0) is 17.7 Å². The average Bonchev–Trinajstić information content (AvgIpc) is 2.91. The number of benzene rings is 1. The molecule has 1 heterocycles. The topological polar surface area (TPSA) is 56.1 Å². The lowest BCUT2D eigenvalue weighted by Crippen LogP contribution is -2.26. The van der Waals surface area contributed by atoms with Gasteiger partial charge >= 0.3 is 0 Å². The van der Waals surface area contributed by atoms with E-state index in [9.17, 15) is 4.79 Å². The standard InChI is InChI=1S/C13H15N3O2/c1-18-9-13(17)15-8-11-2-4-12(5-3-11)16-7-6-14-10-16/h2-7,10H,8-9H2,1H3,(H,15,17). The molecule has 0 aliphatic carbocycles. The Hall–Kier alpha value is -2.14. The Bertz CT molecular complexity index is 491. The summed E-state index contributed by atoms with van der Waals surface area (Å²) < 4.78 is 6.66. The van der Waals surface area contributed by atoms with E-state index in [1.165, 1.54) is 7.11 Å².